The van der Waals surface area contributed by atoms with Gasteiger partial charge in [-0.25, -0.2) is 9.97 Å². The lowest BCUT2D eigenvalue weighted by atomic mass is 10.1. The van der Waals surface area contributed by atoms with Gasteiger partial charge in [0.15, 0.2) is 5.82 Å². The van der Waals surface area contributed by atoms with Crippen LogP contribution in [0.5, 0.6) is 0 Å². The van der Waals surface area contributed by atoms with E-state index in [9.17, 15) is 0 Å². The third kappa shape index (κ3) is 3.65. The number of benzene rings is 1. The van der Waals surface area contributed by atoms with Crippen LogP contribution in [-0.2, 0) is 4.74 Å². The fourth-order valence-corrected chi connectivity index (χ4v) is 2.48. The van der Waals surface area contributed by atoms with Gasteiger partial charge in [0.2, 0.25) is 0 Å². The first-order valence-electron chi connectivity index (χ1n) is 7.32. The summed E-state index contributed by atoms with van der Waals surface area (Å²) in [7, 11) is 1.69. The molecule has 112 valence electrons. The normalized spacial score (nSPS) is 13.9. The molecule has 2 atom stereocenters. The van der Waals surface area contributed by atoms with Crippen molar-refractivity contribution in [1.82, 2.24) is 15.3 Å². The first-order chi connectivity index (χ1) is 10.2. The Morgan fingerprint density at radius 2 is 1.95 bits per heavy atom. The standard InChI is InChI=1S/C17H23N3O/c1-5-18-12(2)15-11-19-17(20-13(15)3)16(21-4)14-9-7-6-8-10-14/h6-12,16,18H,5H2,1-4H3. The third-order valence-electron chi connectivity index (χ3n) is 3.59. The zero-order valence-corrected chi connectivity index (χ0v) is 13.1. The van der Waals surface area contributed by atoms with Gasteiger partial charge in [-0.15, -0.1) is 0 Å². The lowest BCUT2D eigenvalue weighted by Gasteiger charge is -2.18. The Kier molecular flexibility index (Phi) is 5.42. The number of ether oxygens (including phenoxy) is 1. The lowest BCUT2D eigenvalue weighted by molar-refractivity contribution is 0.128. The van der Waals surface area contributed by atoms with Gasteiger partial charge in [0.05, 0.1) is 0 Å². The van der Waals surface area contributed by atoms with Crippen molar-refractivity contribution in [3.8, 4) is 0 Å². The molecule has 1 aromatic carbocycles. The van der Waals surface area contributed by atoms with Crippen LogP contribution >= 0.6 is 0 Å². The van der Waals surface area contributed by atoms with Gasteiger partial charge in [0, 0.05) is 30.6 Å². The number of nitrogens with one attached hydrogen (secondary N) is 1. The van der Waals surface area contributed by atoms with Crippen molar-refractivity contribution in [2.24, 2.45) is 0 Å². The highest BCUT2D eigenvalue weighted by Gasteiger charge is 2.18. The van der Waals surface area contributed by atoms with Gasteiger partial charge in [-0.3, -0.25) is 0 Å². The fourth-order valence-electron chi connectivity index (χ4n) is 2.48. The largest absolute Gasteiger partial charge is 0.369 e. The highest BCUT2D eigenvalue weighted by molar-refractivity contribution is 5.26. The van der Waals surface area contributed by atoms with Crippen LogP contribution in [0.1, 0.15) is 48.6 Å². The highest BCUT2D eigenvalue weighted by Crippen LogP contribution is 2.24. The van der Waals surface area contributed by atoms with Gasteiger partial charge >= 0.3 is 0 Å². The van der Waals surface area contributed by atoms with Crippen molar-refractivity contribution in [3.63, 3.8) is 0 Å². The van der Waals surface area contributed by atoms with Gasteiger partial charge in [-0.2, -0.15) is 0 Å². The summed E-state index contributed by atoms with van der Waals surface area (Å²) in [4.78, 5) is 9.16. The number of methoxy groups -OCH3 is 1. The Hall–Kier alpha value is -1.78. The van der Waals surface area contributed by atoms with Crippen molar-refractivity contribution < 1.29 is 4.74 Å². The predicted molar refractivity (Wildman–Crippen MR) is 84.2 cm³/mol. The van der Waals surface area contributed by atoms with Crippen molar-refractivity contribution in [3.05, 3.63) is 59.2 Å². The molecule has 0 aliphatic carbocycles. The number of hydrogen-bond acceptors (Lipinski definition) is 4. The van der Waals surface area contributed by atoms with Crippen LogP contribution in [0.4, 0.5) is 0 Å². The lowest BCUT2D eigenvalue weighted by Crippen LogP contribution is -2.20. The second kappa shape index (κ2) is 7.29. The van der Waals surface area contributed by atoms with E-state index in [1.54, 1.807) is 7.11 Å². The zero-order valence-electron chi connectivity index (χ0n) is 13.1. The molecule has 0 spiro atoms. The van der Waals surface area contributed by atoms with Crippen LogP contribution in [0.2, 0.25) is 0 Å². The van der Waals surface area contributed by atoms with Gasteiger partial charge in [-0.05, 0) is 26.0 Å². The molecule has 21 heavy (non-hydrogen) atoms. The van der Waals surface area contributed by atoms with Crippen molar-refractivity contribution in [1.29, 1.82) is 0 Å². The summed E-state index contributed by atoms with van der Waals surface area (Å²) in [6.45, 7) is 7.16. The van der Waals surface area contributed by atoms with E-state index in [4.69, 9.17) is 4.74 Å². The van der Waals surface area contributed by atoms with E-state index in [2.05, 4.69) is 29.1 Å². The molecule has 0 fully saturated rings. The van der Waals surface area contributed by atoms with Crippen LogP contribution in [0.3, 0.4) is 0 Å². The summed E-state index contributed by atoms with van der Waals surface area (Å²) < 4.78 is 5.58. The first kappa shape index (κ1) is 15.6. The van der Waals surface area contributed by atoms with E-state index in [-0.39, 0.29) is 12.1 Å². The second-order valence-corrected chi connectivity index (χ2v) is 5.07. The Morgan fingerprint density at radius 3 is 2.52 bits per heavy atom. The van der Waals surface area contributed by atoms with Crippen LogP contribution in [-0.4, -0.2) is 23.6 Å². The molecule has 0 saturated carbocycles. The molecule has 1 aromatic heterocycles. The van der Waals surface area contributed by atoms with E-state index in [0.29, 0.717) is 5.82 Å². The van der Waals surface area contributed by atoms with E-state index in [1.807, 2.05) is 43.5 Å². The van der Waals surface area contributed by atoms with E-state index in [0.717, 1.165) is 23.4 Å². The Labute approximate surface area is 126 Å². The van der Waals surface area contributed by atoms with Crippen molar-refractivity contribution in [2.45, 2.75) is 32.9 Å². The molecule has 1 heterocycles. The minimum atomic E-state index is -0.228. The molecule has 2 aromatic rings. The molecule has 4 nitrogen and oxygen atoms in total. The number of aryl methyl sites for hydroxylation is 1. The number of aromatic nitrogens is 2. The Bertz CT molecular complexity index is 572. The second-order valence-electron chi connectivity index (χ2n) is 5.07. The molecular formula is C17H23N3O. The van der Waals surface area contributed by atoms with Gasteiger partial charge in [-0.1, -0.05) is 37.3 Å². The molecule has 4 heteroatoms. The fraction of sp³-hybridized carbons (Fsp3) is 0.412. The summed E-state index contributed by atoms with van der Waals surface area (Å²) in [6.07, 6.45) is 1.67. The summed E-state index contributed by atoms with van der Waals surface area (Å²) >= 11 is 0. The van der Waals surface area contributed by atoms with E-state index in [1.165, 1.54) is 0 Å². The molecule has 0 aliphatic rings. The van der Waals surface area contributed by atoms with Crippen LogP contribution in [0.15, 0.2) is 36.5 Å². The molecular weight excluding hydrogens is 262 g/mol. The van der Waals surface area contributed by atoms with Crippen molar-refractivity contribution >= 4 is 0 Å². The smallest absolute Gasteiger partial charge is 0.162 e. The average Bonchev–Trinajstić information content (AvgIpc) is 2.49. The molecule has 0 bridgehead atoms. The summed E-state index contributed by atoms with van der Waals surface area (Å²) in [5.41, 5.74) is 3.18. The van der Waals surface area contributed by atoms with E-state index >= 15 is 0 Å². The van der Waals surface area contributed by atoms with Gasteiger partial charge in [0.1, 0.15) is 6.10 Å². The zero-order chi connectivity index (χ0) is 15.2. The third-order valence-corrected chi connectivity index (χ3v) is 3.59. The molecule has 0 radical (unpaired) electrons. The van der Waals surface area contributed by atoms with Gasteiger partial charge < -0.3 is 10.1 Å². The average molecular weight is 285 g/mol. The predicted octanol–water partition coefficient (Wildman–Crippen LogP) is 3.19. The molecule has 0 saturated heterocycles. The summed E-state index contributed by atoms with van der Waals surface area (Å²) in [6, 6.07) is 10.3. The number of rotatable bonds is 6. The molecule has 1 N–H and O–H groups in total. The van der Waals surface area contributed by atoms with Crippen LogP contribution in [0.25, 0.3) is 0 Å². The quantitative estimate of drug-likeness (QED) is 0.885. The Morgan fingerprint density at radius 1 is 1.24 bits per heavy atom. The van der Waals surface area contributed by atoms with E-state index < -0.39 is 0 Å². The molecule has 0 aliphatic heterocycles. The number of hydrogen-bond donors (Lipinski definition) is 1. The SMILES string of the molecule is CCNC(C)c1cnc(C(OC)c2ccccc2)nc1C. The number of nitrogens with zero attached hydrogens (tertiary/aromatic N) is 2. The van der Waals surface area contributed by atoms with Crippen LogP contribution in [0, 0.1) is 6.92 Å². The molecule has 2 rings (SSSR count). The maximum atomic E-state index is 5.58. The maximum Gasteiger partial charge on any atom is 0.162 e. The first-order valence-corrected chi connectivity index (χ1v) is 7.32. The molecule has 0 amide bonds. The highest BCUT2D eigenvalue weighted by atomic mass is 16.5. The monoisotopic (exact) mass is 285 g/mol. The Balaban J connectivity index is 2.30. The maximum absolute atomic E-state index is 5.58. The van der Waals surface area contributed by atoms with Crippen molar-refractivity contribution in [2.75, 3.05) is 13.7 Å². The van der Waals surface area contributed by atoms with Gasteiger partial charge in [0.25, 0.3) is 0 Å². The summed E-state index contributed by atoms with van der Waals surface area (Å²) in [5.74, 6) is 0.702. The minimum Gasteiger partial charge on any atom is -0.369 e. The molecule has 2 unspecified atom stereocenters. The van der Waals surface area contributed by atoms with Crippen LogP contribution < -0.4 is 5.32 Å². The minimum absolute atomic E-state index is 0.228. The topological polar surface area (TPSA) is 47.0 Å². The summed E-state index contributed by atoms with van der Waals surface area (Å²) in [5, 5.41) is 3.39.